The summed E-state index contributed by atoms with van der Waals surface area (Å²) < 4.78 is 0. The largest absolute Gasteiger partial charge is 0.480 e. The average molecular weight is 456 g/mol. The lowest BCUT2D eigenvalue weighted by Gasteiger charge is -2.32. The Hall–Kier alpha value is -3.56. The molecule has 9 heteroatoms. The van der Waals surface area contributed by atoms with Crippen LogP contribution in [0.15, 0.2) is 60.7 Å². The number of rotatable bonds is 11. The van der Waals surface area contributed by atoms with E-state index in [0.29, 0.717) is 5.56 Å². The fraction of sp³-hybridized carbons (Fsp3) is 0.333. The van der Waals surface area contributed by atoms with Crippen LogP contribution in [0.25, 0.3) is 0 Å². The second kappa shape index (κ2) is 12.5. The number of nitrogens with one attached hydrogen (secondary N) is 1. The van der Waals surface area contributed by atoms with Crippen molar-refractivity contribution in [3.63, 3.8) is 0 Å². The second-order valence-electron chi connectivity index (χ2n) is 7.65. The number of carboxylic acids is 1. The molecule has 0 heterocycles. The summed E-state index contributed by atoms with van der Waals surface area (Å²) >= 11 is 0. The van der Waals surface area contributed by atoms with Gasteiger partial charge in [0.2, 0.25) is 17.7 Å². The molecule has 176 valence electrons. The number of hydrogen-bond acceptors (Lipinski definition) is 6. The van der Waals surface area contributed by atoms with E-state index in [0.717, 1.165) is 10.5 Å². The summed E-state index contributed by atoms with van der Waals surface area (Å²) in [5.41, 5.74) is 7.57. The number of imide groups is 1. The maximum Gasteiger partial charge on any atom is 0.325 e. The molecule has 2 aromatic carbocycles. The van der Waals surface area contributed by atoms with Crippen molar-refractivity contribution in [2.75, 3.05) is 6.61 Å². The summed E-state index contributed by atoms with van der Waals surface area (Å²) in [7, 11) is 0. The zero-order chi connectivity index (χ0) is 24.4. The Labute approximate surface area is 192 Å². The number of nitrogens with zero attached hydrogens (tertiary/aromatic N) is 1. The van der Waals surface area contributed by atoms with E-state index in [2.05, 4.69) is 5.32 Å². The third-order valence-electron chi connectivity index (χ3n) is 5.06. The third kappa shape index (κ3) is 7.51. The van der Waals surface area contributed by atoms with E-state index in [-0.39, 0.29) is 12.8 Å². The molecule has 0 saturated carbocycles. The molecule has 0 saturated heterocycles. The highest BCUT2D eigenvalue weighted by molar-refractivity contribution is 6.03. The molecule has 0 unspecified atom stereocenters. The van der Waals surface area contributed by atoms with Gasteiger partial charge >= 0.3 is 5.97 Å². The van der Waals surface area contributed by atoms with Gasteiger partial charge in [-0.05, 0) is 24.5 Å². The fourth-order valence-corrected chi connectivity index (χ4v) is 3.31. The number of hydrogen-bond donors (Lipinski definition) is 4. The summed E-state index contributed by atoms with van der Waals surface area (Å²) in [6.45, 7) is 0.754. The van der Waals surface area contributed by atoms with Gasteiger partial charge in [-0.15, -0.1) is 0 Å². The van der Waals surface area contributed by atoms with Crippen molar-refractivity contribution in [3.8, 4) is 0 Å². The molecule has 0 aliphatic rings. The van der Waals surface area contributed by atoms with Crippen molar-refractivity contribution in [3.05, 3.63) is 71.8 Å². The van der Waals surface area contributed by atoms with E-state index in [1.54, 1.807) is 54.6 Å². The molecular formula is C24H29N3O6. The molecule has 0 aliphatic heterocycles. The average Bonchev–Trinajstić information content (AvgIpc) is 2.79. The number of aliphatic hydroxyl groups excluding tert-OH is 1. The van der Waals surface area contributed by atoms with E-state index >= 15 is 0 Å². The van der Waals surface area contributed by atoms with Gasteiger partial charge in [0.05, 0.1) is 19.1 Å². The van der Waals surface area contributed by atoms with Crippen LogP contribution < -0.4 is 11.1 Å². The van der Waals surface area contributed by atoms with Crippen molar-refractivity contribution in [1.82, 2.24) is 10.2 Å². The Balaban J connectivity index is 2.40. The fourth-order valence-electron chi connectivity index (χ4n) is 3.31. The summed E-state index contributed by atoms with van der Waals surface area (Å²) in [5, 5.41) is 20.8. The van der Waals surface area contributed by atoms with Gasteiger partial charge in [-0.3, -0.25) is 24.1 Å². The summed E-state index contributed by atoms with van der Waals surface area (Å²) in [5.74, 6) is -3.62. The molecular weight excluding hydrogens is 426 g/mol. The van der Waals surface area contributed by atoms with Crippen molar-refractivity contribution in [2.45, 2.75) is 44.3 Å². The van der Waals surface area contributed by atoms with Crippen LogP contribution in [0.4, 0.5) is 0 Å². The van der Waals surface area contributed by atoms with Crippen LogP contribution in [0.3, 0.4) is 0 Å². The van der Waals surface area contributed by atoms with Crippen molar-refractivity contribution in [2.24, 2.45) is 5.73 Å². The standard InChI is InChI=1S/C24H29N3O6/c1-16(24(32)33)26-22(30)20(15-18-10-6-3-7-11-18)27(21(29)12-13-28)23(31)19(25)14-17-8-4-2-5-9-17/h2-11,16,19-20,28H,12-15,25H2,1H3,(H,26,30)(H,32,33)/t16-,19-,20-/m1/s1. The zero-order valence-electron chi connectivity index (χ0n) is 18.4. The van der Waals surface area contributed by atoms with Gasteiger partial charge in [0, 0.05) is 6.42 Å². The Morgan fingerprint density at radius 1 is 0.939 bits per heavy atom. The highest BCUT2D eigenvalue weighted by Crippen LogP contribution is 2.15. The van der Waals surface area contributed by atoms with Gasteiger partial charge in [0.1, 0.15) is 12.1 Å². The summed E-state index contributed by atoms with van der Waals surface area (Å²) in [6, 6.07) is 14.0. The number of carbonyl (C=O) groups excluding carboxylic acids is 3. The number of aliphatic hydroxyl groups is 1. The first-order chi connectivity index (χ1) is 15.7. The number of carboxylic acid groups (broad SMARTS) is 1. The molecule has 5 N–H and O–H groups in total. The first kappa shape index (κ1) is 25.7. The van der Waals surface area contributed by atoms with E-state index in [9.17, 15) is 29.4 Å². The maximum absolute atomic E-state index is 13.3. The third-order valence-corrected chi connectivity index (χ3v) is 5.06. The smallest absolute Gasteiger partial charge is 0.325 e. The molecule has 0 spiro atoms. The molecule has 2 rings (SSSR count). The maximum atomic E-state index is 13.3. The molecule has 33 heavy (non-hydrogen) atoms. The Morgan fingerprint density at radius 2 is 1.45 bits per heavy atom. The zero-order valence-corrected chi connectivity index (χ0v) is 18.4. The molecule has 0 aromatic heterocycles. The number of carbonyl (C=O) groups is 4. The van der Waals surface area contributed by atoms with Crippen LogP contribution in [-0.4, -0.2) is 63.5 Å². The molecule has 0 aliphatic carbocycles. The van der Waals surface area contributed by atoms with Crippen LogP contribution in [0.5, 0.6) is 0 Å². The van der Waals surface area contributed by atoms with Gasteiger partial charge in [-0.1, -0.05) is 60.7 Å². The minimum Gasteiger partial charge on any atom is -0.480 e. The summed E-state index contributed by atoms with van der Waals surface area (Å²) in [6.07, 6.45) is -0.301. The Kier molecular flexibility index (Phi) is 9.71. The minimum absolute atomic E-state index is 0.0417. The van der Waals surface area contributed by atoms with Gasteiger partial charge < -0.3 is 21.3 Å². The van der Waals surface area contributed by atoms with Crippen molar-refractivity contribution >= 4 is 23.7 Å². The highest BCUT2D eigenvalue weighted by Gasteiger charge is 2.37. The lowest BCUT2D eigenvalue weighted by atomic mass is 10.00. The quantitative estimate of drug-likeness (QED) is 0.385. The van der Waals surface area contributed by atoms with Crippen LogP contribution >= 0.6 is 0 Å². The molecule has 9 nitrogen and oxygen atoms in total. The minimum atomic E-state index is -1.34. The van der Waals surface area contributed by atoms with Gasteiger partial charge in [-0.2, -0.15) is 0 Å². The first-order valence-electron chi connectivity index (χ1n) is 10.6. The van der Waals surface area contributed by atoms with E-state index in [4.69, 9.17) is 5.73 Å². The van der Waals surface area contributed by atoms with Gasteiger partial charge in [0.15, 0.2) is 0 Å². The lowest BCUT2D eigenvalue weighted by molar-refractivity contribution is -0.153. The SMILES string of the molecule is C[C@@H](NC(=O)[C@@H](Cc1ccccc1)N(C(=O)CCO)C(=O)[C@H](N)Cc1ccccc1)C(=O)O. The van der Waals surface area contributed by atoms with Crippen LogP contribution in [-0.2, 0) is 32.0 Å². The van der Waals surface area contributed by atoms with E-state index in [1.165, 1.54) is 6.92 Å². The first-order valence-corrected chi connectivity index (χ1v) is 10.6. The van der Waals surface area contributed by atoms with Crippen LogP contribution in [0.2, 0.25) is 0 Å². The molecule has 0 fully saturated rings. The predicted octanol–water partition coefficient (Wildman–Crippen LogP) is 0.495. The van der Waals surface area contributed by atoms with Crippen molar-refractivity contribution < 1.29 is 29.4 Å². The molecule has 3 atom stereocenters. The van der Waals surface area contributed by atoms with E-state index < -0.39 is 54.8 Å². The topological polar surface area (TPSA) is 150 Å². The second-order valence-corrected chi connectivity index (χ2v) is 7.65. The lowest BCUT2D eigenvalue weighted by Crippen LogP contribution is -2.59. The Morgan fingerprint density at radius 3 is 1.94 bits per heavy atom. The Bertz CT molecular complexity index is 951. The van der Waals surface area contributed by atoms with Gasteiger partial charge in [0.25, 0.3) is 0 Å². The highest BCUT2D eigenvalue weighted by atomic mass is 16.4. The molecule has 0 bridgehead atoms. The van der Waals surface area contributed by atoms with Crippen LogP contribution in [0, 0.1) is 0 Å². The van der Waals surface area contributed by atoms with Crippen molar-refractivity contribution in [1.29, 1.82) is 0 Å². The predicted molar refractivity (Wildman–Crippen MR) is 121 cm³/mol. The molecule has 2 aromatic rings. The number of amides is 3. The number of aliphatic carboxylic acids is 1. The normalized spacial score (nSPS) is 13.4. The summed E-state index contributed by atoms with van der Waals surface area (Å²) in [4.78, 5) is 51.3. The van der Waals surface area contributed by atoms with Gasteiger partial charge in [-0.25, -0.2) is 0 Å². The molecule has 0 radical (unpaired) electrons. The number of benzene rings is 2. The van der Waals surface area contributed by atoms with Crippen LogP contribution in [0.1, 0.15) is 24.5 Å². The van der Waals surface area contributed by atoms with E-state index in [1.807, 2.05) is 6.07 Å². The number of nitrogens with two attached hydrogens (primary N) is 1. The monoisotopic (exact) mass is 455 g/mol. The molecule has 3 amide bonds.